The molecule has 164 valence electrons. The highest BCUT2D eigenvalue weighted by atomic mass is 35.5. The second-order valence-corrected chi connectivity index (χ2v) is 11.5. The van der Waals surface area contributed by atoms with Crippen molar-refractivity contribution in [3.05, 3.63) is 31.8 Å². The first-order valence-corrected chi connectivity index (χ1v) is 12.5. The monoisotopic (exact) mass is 469 g/mol. The highest BCUT2D eigenvalue weighted by Gasteiger charge is 2.38. The third-order valence-electron chi connectivity index (χ3n) is 6.16. The number of thioether (sulfide) groups is 1. The summed E-state index contributed by atoms with van der Waals surface area (Å²) in [7, 11) is 2.14. The van der Waals surface area contributed by atoms with Crippen molar-refractivity contribution in [2.45, 2.75) is 49.4 Å². The molecule has 2 unspecified atom stereocenters. The number of nitrogens with zero attached hydrogens (tertiary/aromatic N) is 2. The Kier molecular flexibility index (Phi) is 6.79. The molecule has 2 amide bonds. The average molecular weight is 470 g/mol. The van der Waals surface area contributed by atoms with Crippen LogP contribution in [0.1, 0.15) is 45.8 Å². The fraction of sp³-hybridized carbons (Fsp3) is 0.619. The van der Waals surface area contributed by atoms with Crippen molar-refractivity contribution in [3.8, 4) is 0 Å². The lowest BCUT2D eigenvalue weighted by Gasteiger charge is -2.22. The molecule has 6 nitrogen and oxygen atoms in total. The van der Waals surface area contributed by atoms with Gasteiger partial charge >= 0.3 is 0 Å². The maximum atomic E-state index is 13.3. The predicted octanol–water partition coefficient (Wildman–Crippen LogP) is 2.62. The highest BCUT2D eigenvalue weighted by molar-refractivity contribution is 8.06. The summed E-state index contributed by atoms with van der Waals surface area (Å²) in [5.74, 6) is 0.307. The second-order valence-electron chi connectivity index (χ2n) is 8.49. The maximum absolute atomic E-state index is 13.3. The van der Waals surface area contributed by atoms with Gasteiger partial charge < -0.3 is 20.2 Å². The van der Waals surface area contributed by atoms with E-state index in [2.05, 4.69) is 30.3 Å². The molecule has 0 spiro atoms. The molecule has 4 atom stereocenters. The zero-order valence-corrected chi connectivity index (χ0v) is 19.7. The number of halogens is 1. The minimum Gasteiger partial charge on any atom is -0.394 e. The Morgan fingerprint density at radius 3 is 2.87 bits per heavy atom. The molecule has 0 aromatic carbocycles. The van der Waals surface area contributed by atoms with Gasteiger partial charge in [0.25, 0.3) is 5.91 Å². The van der Waals surface area contributed by atoms with Crippen molar-refractivity contribution in [1.82, 2.24) is 15.1 Å². The minimum absolute atomic E-state index is 0.0376. The number of thiophene rings is 1. The molecule has 3 aliphatic heterocycles. The molecule has 30 heavy (non-hydrogen) atoms. The molecule has 3 aliphatic rings. The predicted molar refractivity (Wildman–Crippen MR) is 122 cm³/mol. The fourth-order valence-corrected chi connectivity index (χ4v) is 7.05. The van der Waals surface area contributed by atoms with Crippen LogP contribution in [0.5, 0.6) is 0 Å². The number of likely N-dealkylation sites (N-methyl/N-ethyl adjacent to an activating group) is 1. The standard InChI is InChI=1S/C21H28ClN3O3S2/c1-12-9-24(2)6-5-16-15(12)8-18(29-16)21(28)25-10-13(7-14(25)11-26)23-20(27)17-3-4-19(22)30-17/h4,8,12-14,17,26H,3,5-7,9-11H2,1-2H3,(H,23,27)/t12?,13-,14+,17?/m1/s1. The van der Waals surface area contributed by atoms with Gasteiger partial charge in [-0.15, -0.1) is 23.1 Å². The van der Waals surface area contributed by atoms with Crippen LogP contribution >= 0.6 is 34.7 Å². The van der Waals surface area contributed by atoms with E-state index < -0.39 is 0 Å². The zero-order valence-electron chi connectivity index (χ0n) is 17.3. The number of aliphatic hydroxyl groups is 1. The number of hydrogen-bond donors (Lipinski definition) is 2. The molecule has 1 aromatic rings. The van der Waals surface area contributed by atoms with E-state index in [-0.39, 0.29) is 35.8 Å². The molecule has 4 heterocycles. The lowest BCUT2D eigenvalue weighted by Crippen LogP contribution is -2.42. The van der Waals surface area contributed by atoms with Crippen molar-refractivity contribution >= 4 is 46.5 Å². The number of carbonyl (C=O) groups is 2. The van der Waals surface area contributed by atoms with E-state index >= 15 is 0 Å². The summed E-state index contributed by atoms with van der Waals surface area (Å²) in [6.45, 7) is 4.53. The van der Waals surface area contributed by atoms with Crippen LogP contribution in [0.4, 0.5) is 0 Å². The van der Waals surface area contributed by atoms with Crippen LogP contribution in [0.2, 0.25) is 0 Å². The van der Waals surface area contributed by atoms with Gasteiger partial charge in [-0.1, -0.05) is 24.6 Å². The summed E-state index contributed by atoms with van der Waals surface area (Å²) in [4.78, 5) is 31.9. The van der Waals surface area contributed by atoms with E-state index in [0.29, 0.717) is 29.7 Å². The normalized spacial score (nSPS) is 29.5. The van der Waals surface area contributed by atoms with Gasteiger partial charge in [0, 0.05) is 30.6 Å². The summed E-state index contributed by atoms with van der Waals surface area (Å²) in [5.41, 5.74) is 1.28. The van der Waals surface area contributed by atoms with Crippen LogP contribution in [0.15, 0.2) is 16.5 Å². The molecule has 0 radical (unpaired) electrons. The van der Waals surface area contributed by atoms with Crippen LogP contribution in [-0.2, 0) is 11.2 Å². The van der Waals surface area contributed by atoms with Gasteiger partial charge in [-0.05, 0) is 43.9 Å². The summed E-state index contributed by atoms with van der Waals surface area (Å²) in [6, 6.07) is 1.63. The van der Waals surface area contributed by atoms with Crippen LogP contribution in [0.25, 0.3) is 0 Å². The number of amides is 2. The molecule has 0 saturated carbocycles. The minimum atomic E-state index is -0.272. The number of rotatable bonds is 4. The van der Waals surface area contributed by atoms with Gasteiger partial charge in [-0.3, -0.25) is 9.59 Å². The highest BCUT2D eigenvalue weighted by Crippen LogP contribution is 2.36. The molecule has 4 rings (SSSR count). The van der Waals surface area contributed by atoms with E-state index in [1.54, 1.807) is 16.2 Å². The summed E-state index contributed by atoms with van der Waals surface area (Å²) in [6.07, 6.45) is 4.02. The second kappa shape index (κ2) is 9.20. The summed E-state index contributed by atoms with van der Waals surface area (Å²) < 4.78 is 0.657. The van der Waals surface area contributed by atoms with E-state index in [1.807, 2.05) is 6.08 Å². The first-order chi connectivity index (χ1) is 14.4. The molecule has 2 N–H and O–H groups in total. The molecular weight excluding hydrogens is 442 g/mol. The quantitative estimate of drug-likeness (QED) is 0.709. The Morgan fingerprint density at radius 1 is 1.37 bits per heavy atom. The van der Waals surface area contributed by atoms with Crippen molar-refractivity contribution in [2.24, 2.45) is 0 Å². The lowest BCUT2D eigenvalue weighted by molar-refractivity contribution is -0.121. The Morgan fingerprint density at radius 2 is 2.17 bits per heavy atom. The maximum Gasteiger partial charge on any atom is 0.264 e. The first kappa shape index (κ1) is 22.1. The SMILES string of the molecule is CC1CN(C)CCc2sc(C(=O)N3C[C@H](NC(=O)C4CC=C(Cl)S4)C[C@H]3CO)cc21. The third-order valence-corrected chi connectivity index (χ3v) is 8.86. The number of likely N-dealkylation sites (tertiary alicyclic amines) is 1. The van der Waals surface area contributed by atoms with E-state index in [0.717, 1.165) is 24.4 Å². The van der Waals surface area contributed by atoms with Gasteiger partial charge in [0.05, 0.1) is 27.1 Å². The van der Waals surface area contributed by atoms with E-state index in [1.165, 1.54) is 22.2 Å². The number of allylic oxidation sites excluding steroid dienone is 1. The molecule has 1 aromatic heterocycles. The average Bonchev–Trinajstić information content (AvgIpc) is 3.41. The Balaban J connectivity index is 1.43. The van der Waals surface area contributed by atoms with Gasteiger partial charge in [0.1, 0.15) is 0 Å². The number of fused-ring (bicyclic) bond motifs is 1. The van der Waals surface area contributed by atoms with Crippen molar-refractivity contribution in [1.29, 1.82) is 0 Å². The molecule has 0 aliphatic carbocycles. The molecule has 1 saturated heterocycles. The molecular formula is C21H28ClN3O3S2. The van der Waals surface area contributed by atoms with Gasteiger partial charge in [-0.2, -0.15) is 0 Å². The van der Waals surface area contributed by atoms with Gasteiger partial charge in [-0.25, -0.2) is 0 Å². The first-order valence-electron chi connectivity index (χ1n) is 10.4. The lowest BCUT2D eigenvalue weighted by atomic mass is 10.0. The van der Waals surface area contributed by atoms with Crippen LogP contribution in [0, 0.1) is 0 Å². The Bertz CT molecular complexity index is 859. The van der Waals surface area contributed by atoms with Gasteiger partial charge in [0.15, 0.2) is 0 Å². The fourth-order valence-electron chi connectivity index (χ4n) is 4.58. The number of carbonyl (C=O) groups excluding carboxylic acids is 2. The summed E-state index contributed by atoms with van der Waals surface area (Å²) in [5, 5.41) is 12.7. The zero-order chi connectivity index (χ0) is 21.4. The van der Waals surface area contributed by atoms with Crippen molar-refractivity contribution in [3.63, 3.8) is 0 Å². The molecule has 9 heteroatoms. The topological polar surface area (TPSA) is 72.9 Å². The summed E-state index contributed by atoms with van der Waals surface area (Å²) >= 11 is 8.93. The Labute approximate surface area is 190 Å². The Hall–Kier alpha value is -1.06. The largest absolute Gasteiger partial charge is 0.394 e. The van der Waals surface area contributed by atoms with Crippen molar-refractivity contribution < 1.29 is 14.7 Å². The van der Waals surface area contributed by atoms with Crippen LogP contribution in [0.3, 0.4) is 0 Å². The van der Waals surface area contributed by atoms with Crippen LogP contribution in [-0.4, -0.2) is 77.3 Å². The number of nitrogens with one attached hydrogen (secondary N) is 1. The van der Waals surface area contributed by atoms with Gasteiger partial charge in [0.2, 0.25) is 5.91 Å². The van der Waals surface area contributed by atoms with Crippen LogP contribution < -0.4 is 5.32 Å². The number of aliphatic hydroxyl groups excluding tert-OH is 1. The number of hydrogen-bond acceptors (Lipinski definition) is 6. The smallest absolute Gasteiger partial charge is 0.264 e. The molecule has 1 fully saturated rings. The van der Waals surface area contributed by atoms with Crippen molar-refractivity contribution in [2.75, 3.05) is 33.3 Å². The third kappa shape index (κ3) is 4.58. The van der Waals surface area contributed by atoms with E-state index in [9.17, 15) is 14.7 Å². The van der Waals surface area contributed by atoms with E-state index in [4.69, 9.17) is 11.6 Å². The molecule has 0 bridgehead atoms.